The van der Waals surface area contributed by atoms with E-state index in [1.807, 2.05) is 0 Å². The number of likely N-dealkylation sites (tertiary alicyclic amines) is 1. The van der Waals surface area contributed by atoms with E-state index in [-0.39, 0.29) is 0 Å². The van der Waals surface area contributed by atoms with Crippen LogP contribution in [0.25, 0.3) is 0 Å². The zero-order valence-corrected chi connectivity index (χ0v) is 13.7. The highest BCUT2D eigenvalue weighted by Crippen LogP contribution is 2.37. The second-order valence-corrected chi connectivity index (χ2v) is 7.97. The van der Waals surface area contributed by atoms with Gasteiger partial charge in [-0.15, -0.1) is 0 Å². The Morgan fingerprint density at radius 1 is 0.952 bits per heavy atom. The van der Waals surface area contributed by atoms with Crippen molar-refractivity contribution in [1.29, 1.82) is 0 Å². The molecule has 0 aromatic heterocycles. The zero-order valence-electron chi connectivity index (χ0n) is 13.7. The molecule has 0 aromatic rings. The van der Waals surface area contributed by atoms with Gasteiger partial charge >= 0.3 is 0 Å². The van der Waals surface area contributed by atoms with Crippen LogP contribution in [0.15, 0.2) is 0 Å². The van der Waals surface area contributed by atoms with Crippen LogP contribution in [-0.4, -0.2) is 48.8 Å². The molecule has 3 rings (SSSR count). The second kappa shape index (κ2) is 7.43. The third-order valence-corrected chi connectivity index (χ3v) is 6.03. The smallest absolute Gasteiger partial charge is 0.0460 e. The lowest BCUT2D eigenvalue weighted by Gasteiger charge is -2.41. The summed E-state index contributed by atoms with van der Waals surface area (Å²) in [6.45, 7) is 5.34. The zero-order chi connectivity index (χ0) is 14.5. The third-order valence-electron chi connectivity index (χ3n) is 6.03. The summed E-state index contributed by atoms with van der Waals surface area (Å²) >= 11 is 0. The Balaban J connectivity index is 1.55. The van der Waals surface area contributed by atoms with Crippen molar-refractivity contribution in [1.82, 2.24) is 10.2 Å². The molecule has 1 aliphatic heterocycles. The molecule has 0 amide bonds. The van der Waals surface area contributed by atoms with Crippen LogP contribution in [-0.2, 0) is 0 Å². The van der Waals surface area contributed by atoms with Crippen LogP contribution in [0.4, 0.5) is 0 Å². The molecule has 0 spiro atoms. The molecule has 3 nitrogen and oxygen atoms in total. The molecule has 122 valence electrons. The fourth-order valence-electron chi connectivity index (χ4n) is 4.32. The SMILES string of the molecule is OCC1CCN(CC2(CNC3CC3)CCCCCC2)CC1. The normalized spacial score (nSPS) is 28.4. The van der Waals surface area contributed by atoms with E-state index in [9.17, 15) is 5.11 Å². The van der Waals surface area contributed by atoms with Gasteiger partial charge in [-0.3, -0.25) is 0 Å². The van der Waals surface area contributed by atoms with E-state index in [0.717, 1.165) is 6.04 Å². The van der Waals surface area contributed by atoms with E-state index in [0.29, 0.717) is 17.9 Å². The van der Waals surface area contributed by atoms with E-state index in [4.69, 9.17) is 0 Å². The molecule has 2 aliphatic carbocycles. The van der Waals surface area contributed by atoms with E-state index in [1.165, 1.54) is 90.4 Å². The van der Waals surface area contributed by atoms with Gasteiger partial charge in [-0.1, -0.05) is 25.7 Å². The molecule has 1 heterocycles. The quantitative estimate of drug-likeness (QED) is 0.740. The van der Waals surface area contributed by atoms with Crippen LogP contribution in [0.2, 0.25) is 0 Å². The van der Waals surface area contributed by atoms with Gasteiger partial charge in [0.05, 0.1) is 0 Å². The largest absolute Gasteiger partial charge is 0.396 e. The van der Waals surface area contributed by atoms with Gasteiger partial charge in [0.15, 0.2) is 0 Å². The molecular weight excluding hydrogens is 260 g/mol. The first-order valence-electron chi connectivity index (χ1n) is 9.36. The minimum atomic E-state index is 0.391. The number of nitrogens with one attached hydrogen (secondary N) is 1. The summed E-state index contributed by atoms with van der Waals surface area (Å²) in [5.41, 5.74) is 0.533. The standard InChI is InChI=1S/C18H34N2O/c21-13-16-7-11-20(12-8-16)15-18(14-19-17-5-6-17)9-3-1-2-4-10-18/h16-17,19,21H,1-15H2. The van der Waals surface area contributed by atoms with E-state index >= 15 is 0 Å². The van der Waals surface area contributed by atoms with Crippen LogP contribution in [0.5, 0.6) is 0 Å². The first-order valence-corrected chi connectivity index (χ1v) is 9.36. The number of rotatable bonds is 6. The molecule has 0 radical (unpaired) electrons. The number of aliphatic hydroxyl groups is 1. The third kappa shape index (κ3) is 4.67. The van der Waals surface area contributed by atoms with Gasteiger partial charge in [0, 0.05) is 25.7 Å². The highest BCUT2D eigenvalue weighted by atomic mass is 16.3. The van der Waals surface area contributed by atoms with E-state index in [1.54, 1.807) is 0 Å². The van der Waals surface area contributed by atoms with Crippen molar-refractivity contribution in [3.8, 4) is 0 Å². The second-order valence-electron chi connectivity index (χ2n) is 7.97. The summed E-state index contributed by atoms with van der Waals surface area (Å²) in [7, 11) is 0. The molecule has 0 atom stereocenters. The van der Waals surface area contributed by atoms with Crippen molar-refractivity contribution in [3.05, 3.63) is 0 Å². The van der Waals surface area contributed by atoms with Gasteiger partial charge in [-0.2, -0.15) is 0 Å². The van der Waals surface area contributed by atoms with Gasteiger partial charge in [0.25, 0.3) is 0 Å². The lowest BCUT2D eigenvalue weighted by atomic mass is 9.79. The summed E-state index contributed by atoms with van der Waals surface area (Å²) in [5, 5.41) is 13.1. The number of hydrogen-bond donors (Lipinski definition) is 2. The predicted molar refractivity (Wildman–Crippen MR) is 87.4 cm³/mol. The Hall–Kier alpha value is -0.120. The maximum absolute atomic E-state index is 9.31. The molecule has 0 aromatic carbocycles. The molecule has 0 unspecified atom stereocenters. The maximum atomic E-state index is 9.31. The summed E-state index contributed by atoms with van der Waals surface area (Å²) in [6.07, 6.45) is 13.8. The molecule has 3 heteroatoms. The van der Waals surface area contributed by atoms with Crippen LogP contribution in [0.3, 0.4) is 0 Å². The Kier molecular flexibility index (Phi) is 5.58. The minimum Gasteiger partial charge on any atom is -0.396 e. The van der Waals surface area contributed by atoms with Gasteiger partial charge in [-0.05, 0) is 62.9 Å². The van der Waals surface area contributed by atoms with Crippen LogP contribution >= 0.6 is 0 Å². The molecular formula is C18H34N2O. The Labute approximate surface area is 130 Å². The topological polar surface area (TPSA) is 35.5 Å². The first-order chi connectivity index (χ1) is 10.3. The molecule has 1 saturated heterocycles. The minimum absolute atomic E-state index is 0.391. The molecule has 0 bridgehead atoms. The lowest BCUT2D eigenvalue weighted by Crippen LogP contribution is -2.47. The highest BCUT2D eigenvalue weighted by molar-refractivity contribution is 4.91. The summed E-state index contributed by atoms with van der Waals surface area (Å²) < 4.78 is 0. The molecule has 3 fully saturated rings. The molecule has 21 heavy (non-hydrogen) atoms. The van der Waals surface area contributed by atoms with Crippen LogP contribution < -0.4 is 5.32 Å². The lowest BCUT2D eigenvalue weighted by molar-refractivity contribution is 0.0785. The number of piperidine rings is 1. The monoisotopic (exact) mass is 294 g/mol. The molecule has 2 saturated carbocycles. The average molecular weight is 294 g/mol. The van der Waals surface area contributed by atoms with Gasteiger partial charge in [0.1, 0.15) is 0 Å². The number of hydrogen-bond acceptors (Lipinski definition) is 3. The van der Waals surface area contributed by atoms with E-state index < -0.39 is 0 Å². The molecule has 2 N–H and O–H groups in total. The van der Waals surface area contributed by atoms with Crippen molar-refractivity contribution in [2.24, 2.45) is 11.3 Å². The van der Waals surface area contributed by atoms with Crippen molar-refractivity contribution in [2.75, 3.05) is 32.8 Å². The van der Waals surface area contributed by atoms with Gasteiger partial charge in [0.2, 0.25) is 0 Å². The van der Waals surface area contributed by atoms with Crippen molar-refractivity contribution < 1.29 is 5.11 Å². The predicted octanol–water partition coefficient (Wildman–Crippen LogP) is 2.78. The van der Waals surface area contributed by atoms with E-state index in [2.05, 4.69) is 10.2 Å². The highest BCUT2D eigenvalue weighted by Gasteiger charge is 2.35. The Bertz CT molecular complexity index is 300. The summed E-state index contributed by atoms with van der Waals surface area (Å²) in [6, 6.07) is 0.838. The fraction of sp³-hybridized carbons (Fsp3) is 1.00. The fourth-order valence-corrected chi connectivity index (χ4v) is 4.32. The molecule has 3 aliphatic rings. The Morgan fingerprint density at radius 3 is 2.19 bits per heavy atom. The van der Waals surface area contributed by atoms with Crippen molar-refractivity contribution in [2.45, 2.75) is 70.3 Å². The summed E-state index contributed by atoms with van der Waals surface area (Å²) in [5.74, 6) is 0.566. The van der Waals surface area contributed by atoms with Crippen molar-refractivity contribution >= 4 is 0 Å². The van der Waals surface area contributed by atoms with Crippen LogP contribution in [0, 0.1) is 11.3 Å². The first kappa shape index (κ1) is 15.8. The Morgan fingerprint density at radius 2 is 1.62 bits per heavy atom. The maximum Gasteiger partial charge on any atom is 0.0460 e. The van der Waals surface area contributed by atoms with Gasteiger partial charge < -0.3 is 15.3 Å². The summed E-state index contributed by atoms with van der Waals surface area (Å²) in [4.78, 5) is 2.70. The van der Waals surface area contributed by atoms with Crippen molar-refractivity contribution in [3.63, 3.8) is 0 Å². The average Bonchev–Trinajstić information content (AvgIpc) is 3.34. The van der Waals surface area contributed by atoms with Gasteiger partial charge in [-0.25, -0.2) is 0 Å². The number of aliphatic hydroxyl groups excluding tert-OH is 1. The van der Waals surface area contributed by atoms with Crippen LogP contribution in [0.1, 0.15) is 64.2 Å². The number of nitrogens with zero attached hydrogens (tertiary/aromatic N) is 1.